The fourth-order valence-electron chi connectivity index (χ4n) is 3.48. The van der Waals surface area contributed by atoms with Crippen LogP contribution in [0.2, 0.25) is 0 Å². The lowest BCUT2D eigenvalue weighted by Crippen LogP contribution is -2.41. The number of methoxy groups -OCH3 is 1. The number of hydrogen-bond donors (Lipinski definition) is 1. The van der Waals surface area contributed by atoms with Crippen molar-refractivity contribution in [2.45, 2.75) is 17.8 Å². The zero-order chi connectivity index (χ0) is 24.4. The van der Waals surface area contributed by atoms with Gasteiger partial charge in [0, 0.05) is 0 Å². The van der Waals surface area contributed by atoms with Gasteiger partial charge in [0.05, 0.1) is 24.0 Å². The minimum Gasteiger partial charge on any atom is -0.465 e. The topological polar surface area (TPSA) is 112 Å². The molecule has 0 saturated heterocycles. The quantitative estimate of drug-likeness (QED) is 0.322. The first-order chi connectivity index (χ1) is 16.3. The highest BCUT2D eigenvalue weighted by Crippen LogP contribution is 2.26. The van der Waals surface area contributed by atoms with Gasteiger partial charge in [-0.3, -0.25) is 14.2 Å². The number of thioether (sulfide) groups is 1. The van der Waals surface area contributed by atoms with E-state index < -0.39 is 29.7 Å². The number of para-hydroxylation sites is 2. The Morgan fingerprint density at radius 1 is 1.12 bits per heavy atom. The summed E-state index contributed by atoms with van der Waals surface area (Å²) in [4.78, 5) is 56.2. The van der Waals surface area contributed by atoms with Crippen LogP contribution < -0.4 is 16.6 Å². The number of esters is 1. The van der Waals surface area contributed by atoms with E-state index in [0.717, 1.165) is 10.1 Å². The van der Waals surface area contributed by atoms with Gasteiger partial charge in [-0.2, -0.15) is 0 Å². The van der Waals surface area contributed by atoms with Crippen molar-refractivity contribution in [3.05, 3.63) is 80.5 Å². The van der Waals surface area contributed by atoms with Gasteiger partial charge in [-0.05, 0) is 36.9 Å². The average Bonchev–Trinajstić information content (AvgIpc) is 3.28. The molecule has 9 nitrogen and oxygen atoms in total. The Morgan fingerprint density at radius 2 is 1.82 bits per heavy atom. The van der Waals surface area contributed by atoms with E-state index in [0.29, 0.717) is 10.0 Å². The van der Waals surface area contributed by atoms with Gasteiger partial charge < -0.3 is 10.1 Å². The summed E-state index contributed by atoms with van der Waals surface area (Å²) in [7, 11) is 1.25. The van der Waals surface area contributed by atoms with Crippen LogP contribution in [0.5, 0.6) is 0 Å². The van der Waals surface area contributed by atoms with Gasteiger partial charge in [-0.1, -0.05) is 42.1 Å². The third-order valence-corrected chi connectivity index (χ3v) is 7.12. The van der Waals surface area contributed by atoms with Crippen LogP contribution in [-0.4, -0.2) is 39.4 Å². The molecule has 0 unspecified atom stereocenters. The van der Waals surface area contributed by atoms with Crippen molar-refractivity contribution in [3.63, 3.8) is 0 Å². The molecule has 2 aromatic carbocycles. The molecule has 0 aliphatic carbocycles. The maximum Gasteiger partial charge on any atom is 0.339 e. The van der Waals surface area contributed by atoms with Crippen LogP contribution in [0.3, 0.4) is 0 Å². The van der Waals surface area contributed by atoms with Crippen molar-refractivity contribution in [1.29, 1.82) is 0 Å². The van der Waals surface area contributed by atoms with Crippen LogP contribution in [-0.2, 0) is 16.1 Å². The molecule has 0 aliphatic heterocycles. The third-order valence-electron chi connectivity index (χ3n) is 5.10. The van der Waals surface area contributed by atoms with Crippen molar-refractivity contribution in [2.75, 3.05) is 18.7 Å². The molecule has 174 valence electrons. The molecule has 11 heteroatoms. The molecule has 34 heavy (non-hydrogen) atoms. The van der Waals surface area contributed by atoms with Crippen LogP contribution >= 0.6 is 23.1 Å². The Balaban J connectivity index is 1.83. The maximum absolute atomic E-state index is 13.5. The van der Waals surface area contributed by atoms with Crippen molar-refractivity contribution >= 4 is 51.0 Å². The number of fused-ring (bicyclic) bond motifs is 1. The van der Waals surface area contributed by atoms with E-state index in [1.807, 2.05) is 12.3 Å². The molecule has 0 bridgehead atoms. The summed E-state index contributed by atoms with van der Waals surface area (Å²) >= 11 is 2.51. The zero-order valence-electron chi connectivity index (χ0n) is 18.5. The van der Waals surface area contributed by atoms with Crippen LogP contribution in [0.25, 0.3) is 16.0 Å². The maximum atomic E-state index is 13.5. The first-order valence-corrected chi connectivity index (χ1v) is 12.1. The highest BCUT2D eigenvalue weighted by molar-refractivity contribution is 8.00. The molecule has 0 radical (unpaired) electrons. The average molecular weight is 497 g/mol. The van der Waals surface area contributed by atoms with Gasteiger partial charge in [0.2, 0.25) is 5.91 Å². The molecule has 2 heterocycles. The van der Waals surface area contributed by atoms with E-state index in [9.17, 15) is 19.2 Å². The summed E-state index contributed by atoms with van der Waals surface area (Å²) in [6, 6.07) is 13.4. The Kier molecular flexibility index (Phi) is 6.66. The molecule has 0 aliphatic rings. The second-order valence-corrected chi connectivity index (χ2v) is 9.27. The van der Waals surface area contributed by atoms with Crippen LogP contribution in [0.15, 0.2) is 62.5 Å². The zero-order valence-corrected chi connectivity index (χ0v) is 20.2. The lowest BCUT2D eigenvalue weighted by atomic mass is 10.2. The van der Waals surface area contributed by atoms with E-state index in [2.05, 4.69) is 10.3 Å². The van der Waals surface area contributed by atoms with E-state index in [4.69, 9.17) is 4.74 Å². The van der Waals surface area contributed by atoms with Gasteiger partial charge >= 0.3 is 11.7 Å². The number of hydrogen-bond acceptors (Lipinski definition) is 8. The van der Waals surface area contributed by atoms with Crippen molar-refractivity contribution in [3.8, 4) is 5.69 Å². The number of nitrogens with zero attached hydrogens (tertiary/aromatic N) is 3. The number of rotatable bonds is 6. The Bertz CT molecular complexity index is 1540. The molecule has 1 N–H and O–H groups in total. The molecular weight excluding hydrogens is 476 g/mol. The number of benzene rings is 2. The summed E-state index contributed by atoms with van der Waals surface area (Å²) < 4.78 is 7.87. The Morgan fingerprint density at radius 3 is 2.53 bits per heavy atom. The first-order valence-electron chi connectivity index (χ1n) is 10.1. The number of carbonyl (C=O) groups is 2. The molecule has 0 saturated carbocycles. The van der Waals surface area contributed by atoms with Crippen LogP contribution in [0.1, 0.15) is 15.9 Å². The van der Waals surface area contributed by atoms with Gasteiger partial charge in [0.25, 0.3) is 5.56 Å². The second kappa shape index (κ2) is 9.65. The van der Waals surface area contributed by atoms with Crippen molar-refractivity contribution < 1.29 is 14.3 Å². The molecule has 1 amide bonds. The number of ether oxygens (including phenoxy) is 1. The number of amides is 1. The highest BCUT2D eigenvalue weighted by atomic mass is 32.2. The number of aryl methyl sites for hydroxylation is 1. The second-order valence-electron chi connectivity index (χ2n) is 7.22. The van der Waals surface area contributed by atoms with Crippen LogP contribution in [0.4, 0.5) is 5.69 Å². The monoisotopic (exact) mass is 496 g/mol. The van der Waals surface area contributed by atoms with Crippen LogP contribution in [0, 0.1) is 6.92 Å². The molecule has 0 fully saturated rings. The predicted molar refractivity (Wildman–Crippen MR) is 132 cm³/mol. The van der Waals surface area contributed by atoms with Gasteiger partial charge in [-0.15, -0.1) is 11.3 Å². The summed E-state index contributed by atoms with van der Waals surface area (Å²) in [5, 5.41) is 2.66. The van der Waals surface area contributed by atoms with Crippen molar-refractivity contribution in [1.82, 2.24) is 14.1 Å². The number of carbonyl (C=O) groups excluding carboxylic acids is 2. The van der Waals surface area contributed by atoms with E-state index in [1.165, 1.54) is 40.8 Å². The molecule has 2 aromatic heterocycles. The standard InChI is InChI=1S/C23H20N4O5S2/c1-13-8-4-7-11-16(13)27-20(29)18-19(25-22(33-3)34-18)26(23(27)31)12-17(28)24-15-10-6-5-9-14(15)21(30)32-2/h4-11H,12H2,1-3H3,(H,24,28). The fourth-order valence-corrected chi connectivity index (χ4v) is 4.98. The molecule has 0 spiro atoms. The van der Waals surface area contributed by atoms with Gasteiger partial charge in [0.15, 0.2) is 9.99 Å². The SMILES string of the molecule is COC(=O)c1ccccc1NC(=O)Cn1c(=O)n(-c2ccccc2C)c(=O)c2sc(SC)nc21. The number of aromatic nitrogens is 3. The predicted octanol–water partition coefficient (Wildman–Crippen LogP) is 3.06. The molecule has 0 atom stereocenters. The molecular formula is C23H20N4O5S2. The van der Waals surface area contributed by atoms with E-state index in [1.54, 1.807) is 43.3 Å². The summed E-state index contributed by atoms with van der Waals surface area (Å²) in [6.45, 7) is 1.39. The summed E-state index contributed by atoms with van der Waals surface area (Å²) in [5.74, 6) is -1.17. The lowest BCUT2D eigenvalue weighted by molar-refractivity contribution is -0.116. The fraction of sp³-hybridized carbons (Fsp3) is 0.174. The van der Waals surface area contributed by atoms with Crippen molar-refractivity contribution in [2.24, 2.45) is 0 Å². The smallest absolute Gasteiger partial charge is 0.339 e. The number of nitrogens with one attached hydrogen (secondary N) is 1. The summed E-state index contributed by atoms with van der Waals surface area (Å²) in [5.41, 5.74) is 0.576. The van der Waals surface area contributed by atoms with E-state index in [-0.39, 0.29) is 21.6 Å². The van der Waals surface area contributed by atoms with Gasteiger partial charge in [-0.25, -0.2) is 19.1 Å². The molecule has 4 rings (SSSR count). The Labute approximate surface area is 202 Å². The normalized spacial score (nSPS) is 10.9. The first kappa shape index (κ1) is 23.5. The summed E-state index contributed by atoms with van der Waals surface area (Å²) in [6.07, 6.45) is 1.82. The Hall–Kier alpha value is -3.70. The minimum absolute atomic E-state index is 0.144. The minimum atomic E-state index is -0.679. The number of anilines is 1. The van der Waals surface area contributed by atoms with E-state index >= 15 is 0 Å². The molecule has 4 aromatic rings. The highest BCUT2D eigenvalue weighted by Gasteiger charge is 2.22. The van der Waals surface area contributed by atoms with Gasteiger partial charge in [0.1, 0.15) is 11.2 Å². The number of thiazole rings is 1. The third kappa shape index (κ3) is 4.27. The largest absolute Gasteiger partial charge is 0.465 e. The lowest BCUT2D eigenvalue weighted by Gasteiger charge is -2.14.